The van der Waals surface area contributed by atoms with E-state index in [-0.39, 0.29) is 29.6 Å². The zero-order chi connectivity index (χ0) is 22.9. The Morgan fingerprint density at radius 2 is 1.91 bits per heavy atom. The summed E-state index contributed by atoms with van der Waals surface area (Å²) in [6.45, 7) is 0.000466. The molecule has 3 aromatic heterocycles. The molecule has 0 saturated carbocycles. The molecule has 0 fully saturated rings. The van der Waals surface area contributed by atoms with Gasteiger partial charge in [0.15, 0.2) is 0 Å². The number of hydrogen-bond donors (Lipinski definition) is 1. The molecule has 164 valence electrons. The molecule has 0 atom stereocenters. The minimum absolute atomic E-state index is 0.000466. The van der Waals surface area contributed by atoms with Crippen LogP contribution in [0.4, 0.5) is 13.2 Å². The van der Waals surface area contributed by atoms with Crippen molar-refractivity contribution in [2.24, 2.45) is 12.8 Å². The van der Waals surface area contributed by atoms with Gasteiger partial charge in [-0.1, -0.05) is 5.16 Å². The third-order valence-electron chi connectivity index (χ3n) is 4.55. The Balaban J connectivity index is 1.52. The van der Waals surface area contributed by atoms with E-state index < -0.39 is 17.6 Å². The van der Waals surface area contributed by atoms with E-state index in [4.69, 9.17) is 15.0 Å². The minimum atomic E-state index is -4.42. The summed E-state index contributed by atoms with van der Waals surface area (Å²) in [7, 11) is 1.68. The number of benzene rings is 1. The number of amides is 1. The molecule has 4 rings (SSSR count). The summed E-state index contributed by atoms with van der Waals surface area (Å²) < 4.78 is 50.6. The van der Waals surface area contributed by atoms with Crippen LogP contribution in [0, 0.1) is 0 Å². The van der Waals surface area contributed by atoms with E-state index >= 15 is 0 Å². The van der Waals surface area contributed by atoms with E-state index in [1.54, 1.807) is 7.05 Å². The fraction of sp³-hybridized carbons (Fsp3) is 0.150. The molecule has 1 amide bonds. The van der Waals surface area contributed by atoms with Gasteiger partial charge in [0, 0.05) is 13.2 Å². The van der Waals surface area contributed by atoms with Gasteiger partial charge in [0.2, 0.25) is 11.7 Å². The number of hydrogen-bond acceptors (Lipinski definition) is 7. The monoisotopic (exact) mass is 444 g/mol. The molecule has 1 aromatic carbocycles. The van der Waals surface area contributed by atoms with Gasteiger partial charge in [0.25, 0.3) is 5.89 Å². The summed E-state index contributed by atoms with van der Waals surface area (Å²) in [5.74, 6) is -0.00427. The van der Waals surface area contributed by atoms with Crippen molar-refractivity contribution in [2.75, 3.05) is 0 Å². The predicted octanol–water partition coefficient (Wildman–Crippen LogP) is 3.23. The fourth-order valence-corrected chi connectivity index (χ4v) is 2.81. The lowest BCUT2D eigenvalue weighted by Gasteiger charge is -2.10. The number of nitrogens with two attached hydrogens (primary N) is 1. The SMILES string of the molecule is Cn1ncc(-c2nc(-c3ccc(C(N)=O)cn3)no2)c1COc1ccc(C(F)(F)F)cc1. The highest BCUT2D eigenvalue weighted by molar-refractivity contribution is 5.92. The molecule has 9 nitrogen and oxygen atoms in total. The Morgan fingerprint density at radius 1 is 1.16 bits per heavy atom. The van der Waals surface area contributed by atoms with Crippen molar-refractivity contribution in [3.8, 4) is 28.7 Å². The molecule has 32 heavy (non-hydrogen) atoms. The molecule has 12 heteroatoms. The van der Waals surface area contributed by atoms with Crippen LogP contribution in [0.1, 0.15) is 21.6 Å². The van der Waals surface area contributed by atoms with E-state index in [1.807, 2.05) is 0 Å². The van der Waals surface area contributed by atoms with E-state index in [0.717, 1.165) is 12.1 Å². The molecule has 0 aliphatic carbocycles. The molecule has 0 bridgehead atoms. The highest BCUT2D eigenvalue weighted by Gasteiger charge is 2.30. The Hall–Kier alpha value is -4.22. The number of ether oxygens (including phenoxy) is 1. The lowest BCUT2D eigenvalue weighted by molar-refractivity contribution is -0.137. The number of nitrogens with zero attached hydrogens (tertiary/aromatic N) is 5. The van der Waals surface area contributed by atoms with Gasteiger partial charge in [0.1, 0.15) is 18.1 Å². The van der Waals surface area contributed by atoms with Crippen molar-refractivity contribution >= 4 is 5.91 Å². The quantitative estimate of drug-likeness (QED) is 0.484. The van der Waals surface area contributed by atoms with Crippen molar-refractivity contribution in [2.45, 2.75) is 12.8 Å². The predicted molar refractivity (Wildman–Crippen MR) is 104 cm³/mol. The first kappa shape index (κ1) is 21.0. The van der Waals surface area contributed by atoms with Gasteiger partial charge in [-0.05, 0) is 36.4 Å². The second kappa shape index (κ2) is 8.13. The lowest BCUT2D eigenvalue weighted by Crippen LogP contribution is -2.11. The van der Waals surface area contributed by atoms with Gasteiger partial charge in [-0.25, -0.2) is 0 Å². The largest absolute Gasteiger partial charge is 0.487 e. The van der Waals surface area contributed by atoms with Gasteiger partial charge in [-0.3, -0.25) is 14.5 Å². The average molecular weight is 444 g/mol. The third-order valence-corrected chi connectivity index (χ3v) is 4.55. The molecule has 0 aliphatic rings. The van der Waals surface area contributed by atoms with Crippen molar-refractivity contribution in [1.82, 2.24) is 24.9 Å². The van der Waals surface area contributed by atoms with Gasteiger partial charge >= 0.3 is 6.18 Å². The van der Waals surface area contributed by atoms with Crippen molar-refractivity contribution in [3.05, 3.63) is 65.6 Å². The van der Waals surface area contributed by atoms with Crippen LogP contribution in [-0.2, 0) is 19.8 Å². The number of aromatic nitrogens is 5. The van der Waals surface area contributed by atoms with Gasteiger partial charge < -0.3 is 15.0 Å². The Labute approximate surface area is 178 Å². The number of carbonyl (C=O) groups excluding carboxylic acids is 1. The maximum absolute atomic E-state index is 12.7. The Bertz CT molecular complexity index is 1250. The van der Waals surface area contributed by atoms with Crippen LogP contribution in [0.25, 0.3) is 23.0 Å². The highest BCUT2D eigenvalue weighted by atomic mass is 19.4. The van der Waals surface area contributed by atoms with Crippen molar-refractivity contribution in [3.63, 3.8) is 0 Å². The summed E-state index contributed by atoms with van der Waals surface area (Å²) in [5, 5.41) is 8.05. The first-order valence-corrected chi connectivity index (χ1v) is 9.13. The van der Waals surface area contributed by atoms with Gasteiger partial charge in [0.05, 0.1) is 28.6 Å². The summed E-state index contributed by atoms with van der Waals surface area (Å²) in [4.78, 5) is 19.6. The molecular weight excluding hydrogens is 429 g/mol. The van der Waals surface area contributed by atoms with E-state index in [1.165, 1.54) is 41.3 Å². The summed E-state index contributed by atoms with van der Waals surface area (Å²) in [6.07, 6.45) is -1.61. The van der Waals surface area contributed by atoms with Crippen molar-refractivity contribution in [1.29, 1.82) is 0 Å². The number of carbonyl (C=O) groups is 1. The smallest absolute Gasteiger partial charge is 0.416 e. The molecule has 0 radical (unpaired) electrons. The van der Waals surface area contributed by atoms with Crippen LogP contribution < -0.4 is 10.5 Å². The van der Waals surface area contributed by atoms with E-state index in [0.29, 0.717) is 17.0 Å². The van der Waals surface area contributed by atoms with E-state index in [9.17, 15) is 18.0 Å². The first-order valence-electron chi connectivity index (χ1n) is 9.13. The van der Waals surface area contributed by atoms with E-state index in [2.05, 4.69) is 20.2 Å². The maximum Gasteiger partial charge on any atom is 0.416 e. The number of rotatable bonds is 6. The van der Waals surface area contributed by atoms with Crippen LogP contribution in [0.2, 0.25) is 0 Å². The third kappa shape index (κ3) is 4.29. The van der Waals surface area contributed by atoms with Crippen LogP contribution >= 0.6 is 0 Å². The fourth-order valence-electron chi connectivity index (χ4n) is 2.81. The molecule has 4 aromatic rings. The summed E-state index contributed by atoms with van der Waals surface area (Å²) in [6, 6.07) is 7.40. The summed E-state index contributed by atoms with van der Waals surface area (Å²) >= 11 is 0. The molecule has 2 N–H and O–H groups in total. The second-order valence-electron chi connectivity index (χ2n) is 6.66. The number of aryl methyl sites for hydroxylation is 1. The molecule has 0 unspecified atom stereocenters. The number of alkyl halides is 3. The molecular formula is C20H15F3N6O3. The van der Waals surface area contributed by atoms with Crippen LogP contribution in [-0.4, -0.2) is 30.8 Å². The average Bonchev–Trinajstić information content (AvgIpc) is 3.39. The van der Waals surface area contributed by atoms with Gasteiger partial charge in [-0.2, -0.15) is 23.3 Å². The van der Waals surface area contributed by atoms with Crippen molar-refractivity contribution < 1.29 is 27.2 Å². The number of halogens is 3. The Kier molecular flexibility index (Phi) is 5.34. The van der Waals surface area contributed by atoms with Crippen LogP contribution in [0.3, 0.4) is 0 Å². The van der Waals surface area contributed by atoms with Crippen LogP contribution in [0.15, 0.2) is 53.3 Å². The Morgan fingerprint density at radius 3 is 2.53 bits per heavy atom. The zero-order valence-corrected chi connectivity index (χ0v) is 16.5. The molecule has 0 spiro atoms. The topological polar surface area (TPSA) is 122 Å². The van der Waals surface area contributed by atoms with Crippen LogP contribution in [0.5, 0.6) is 5.75 Å². The lowest BCUT2D eigenvalue weighted by atomic mass is 10.2. The number of primary amides is 1. The molecule has 3 heterocycles. The number of pyridine rings is 1. The zero-order valence-electron chi connectivity index (χ0n) is 16.5. The van der Waals surface area contributed by atoms with Gasteiger partial charge in [-0.15, -0.1) is 0 Å². The highest BCUT2D eigenvalue weighted by Crippen LogP contribution is 2.31. The normalized spacial score (nSPS) is 11.5. The first-order chi connectivity index (χ1) is 15.2. The molecule has 0 aliphatic heterocycles. The maximum atomic E-state index is 12.7. The minimum Gasteiger partial charge on any atom is -0.487 e. The second-order valence-corrected chi connectivity index (χ2v) is 6.66. The summed E-state index contributed by atoms with van der Waals surface area (Å²) in [5.41, 5.74) is 6.11. The molecule has 0 saturated heterocycles. The standard InChI is InChI=1S/C20H15F3N6O3/c1-29-16(10-31-13-5-3-12(4-6-13)20(21,22)23)14(9-26-29)19-27-18(28-32-19)15-7-2-11(8-25-15)17(24)30/h2-9H,10H2,1H3,(H2,24,30).